The van der Waals surface area contributed by atoms with Crippen molar-refractivity contribution in [2.75, 3.05) is 27.8 Å². The standard InChI is InChI=1S/C31H35Cl2N3O5.ClH/c1-36(2)27(33)15-18-41-21-9-7-20(8-10-21)28-24(23-12-11-22(40-3)19-25(23)32)13-14-26(34-28)29(37)35-31(30(38)39)16-5-4-6-17-31;/h7-14,19,27H,4-6,15-18H2,1-3H3,(H,35,37)(H,38,39);1H. The van der Waals surface area contributed by atoms with E-state index in [0.717, 1.165) is 24.8 Å². The van der Waals surface area contributed by atoms with Gasteiger partial charge in [0.2, 0.25) is 0 Å². The van der Waals surface area contributed by atoms with Gasteiger partial charge in [0.1, 0.15) is 22.7 Å². The molecule has 1 amide bonds. The van der Waals surface area contributed by atoms with Crippen LogP contribution >= 0.6 is 35.6 Å². The molecule has 0 spiro atoms. The van der Waals surface area contributed by atoms with Gasteiger partial charge in [0.25, 0.3) is 5.91 Å². The minimum atomic E-state index is -1.29. The number of carbonyl (C=O) groups is 2. The molecule has 8 nitrogen and oxygen atoms in total. The second-order valence-corrected chi connectivity index (χ2v) is 11.3. The lowest BCUT2D eigenvalue weighted by molar-refractivity contribution is -0.145. The molecule has 4 rings (SSSR count). The van der Waals surface area contributed by atoms with E-state index in [-0.39, 0.29) is 23.6 Å². The highest BCUT2D eigenvalue weighted by Gasteiger charge is 2.41. The van der Waals surface area contributed by atoms with Crippen molar-refractivity contribution in [3.05, 3.63) is 65.3 Å². The third-order valence-corrected chi connectivity index (χ3v) is 8.30. The lowest BCUT2D eigenvalue weighted by Gasteiger charge is -2.33. The summed E-state index contributed by atoms with van der Waals surface area (Å²) in [5.41, 5.74) is 1.40. The summed E-state index contributed by atoms with van der Waals surface area (Å²) in [4.78, 5) is 32.2. The number of amides is 1. The van der Waals surface area contributed by atoms with Crippen molar-refractivity contribution < 1.29 is 24.2 Å². The molecule has 1 aliphatic carbocycles. The van der Waals surface area contributed by atoms with Crippen LogP contribution < -0.4 is 14.8 Å². The SMILES string of the molecule is COc1ccc(-c2ccc(C(=O)NC3(C(=O)O)CCCCC3)nc2-c2ccc(OCCC(Cl)N(C)C)cc2)c(Cl)c1.Cl. The summed E-state index contributed by atoms with van der Waals surface area (Å²) < 4.78 is 11.2. The summed E-state index contributed by atoms with van der Waals surface area (Å²) in [5, 5.41) is 13.2. The maximum Gasteiger partial charge on any atom is 0.329 e. The molecule has 1 unspecified atom stereocenters. The Morgan fingerprint density at radius 1 is 1.02 bits per heavy atom. The van der Waals surface area contributed by atoms with E-state index in [1.165, 1.54) is 0 Å². The average Bonchev–Trinajstić information content (AvgIpc) is 2.97. The molecule has 1 aliphatic rings. The Morgan fingerprint density at radius 2 is 1.67 bits per heavy atom. The molecular formula is C31H36Cl3N3O5. The Bertz CT molecular complexity index is 1380. The van der Waals surface area contributed by atoms with E-state index in [4.69, 9.17) is 37.7 Å². The lowest BCUT2D eigenvalue weighted by Crippen LogP contribution is -2.55. The van der Waals surface area contributed by atoms with Crippen molar-refractivity contribution in [2.45, 2.75) is 49.6 Å². The van der Waals surface area contributed by atoms with Crippen LogP contribution in [0.25, 0.3) is 22.4 Å². The quantitative estimate of drug-likeness (QED) is 0.174. The summed E-state index contributed by atoms with van der Waals surface area (Å²) >= 11 is 12.9. The number of benzene rings is 2. The highest BCUT2D eigenvalue weighted by atomic mass is 35.5. The van der Waals surface area contributed by atoms with Crippen LogP contribution in [0.3, 0.4) is 0 Å². The van der Waals surface area contributed by atoms with Gasteiger partial charge in [0, 0.05) is 23.1 Å². The molecule has 1 fully saturated rings. The number of aliphatic carboxylic acids is 1. The van der Waals surface area contributed by atoms with Crippen LogP contribution in [0.4, 0.5) is 0 Å². The molecule has 1 atom stereocenters. The number of aromatic nitrogens is 1. The van der Waals surface area contributed by atoms with Crippen LogP contribution in [-0.4, -0.2) is 65.7 Å². The molecule has 1 saturated carbocycles. The number of carboxylic acids is 1. The van der Waals surface area contributed by atoms with Gasteiger partial charge in [-0.1, -0.05) is 30.9 Å². The molecule has 1 heterocycles. The van der Waals surface area contributed by atoms with Gasteiger partial charge in [-0.05, 0) is 81.5 Å². The first-order valence-electron chi connectivity index (χ1n) is 13.6. The summed E-state index contributed by atoms with van der Waals surface area (Å²) in [5.74, 6) is -0.255. The molecule has 0 bridgehead atoms. The molecule has 2 aromatic carbocycles. The maximum atomic E-state index is 13.4. The topological polar surface area (TPSA) is 101 Å². The van der Waals surface area contributed by atoms with Crippen molar-refractivity contribution in [1.82, 2.24) is 15.2 Å². The number of pyridine rings is 1. The van der Waals surface area contributed by atoms with E-state index >= 15 is 0 Å². The van der Waals surface area contributed by atoms with Gasteiger partial charge in [0.05, 0.1) is 29.9 Å². The van der Waals surface area contributed by atoms with Crippen molar-refractivity contribution in [2.24, 2.45) is 0 Å². The summed E-state index contributed by atoms with van der Waals surface area (Å²) in [7, 11) is 5.40. The molecule has 42 heavy (non-hydrogen) atoms. The highest BCUT2D eigenvalue weighted by molar-refractivity contribution is 6.33. The monoisotopic (exact) mass is 635 g/mol. The number of rotatable bonds is 11. The third-order valence-electron chi connectivity index (χ3n) is 7.38. The molecular weight excluding hydrogens is 601 g/mol. The Labute approximate surface area is 262 Å². The lowest BCUT2D eigenvalue weighted by atomic mass is 9.81. The van der Waals surface area contributed by atoms with Crippen LogP contribution in [-0.2, 0) is 4.79 Å². The first-order valence-corrected chi connectivity index (χ1v) is 14.4. The van der Waals surface area contributed by atoms with Crippen molar-refractivity contribution >= 4 is 47.5 Å². The van der Waals surface area contributed by atoms with Gasteiger partial charge in [-0.25, -0.2) is 9.78 Å². The van der Waals surface area contributed by atoms with Gasteiger partial charge in [-0.2, -0.15) is 0 Å². The Morgan fingerprint density at radius 3 is 2.26 bits per heavy atom. The number of halogens is 3. The number of nitrogens with zero attached hydrogens (tertiary/aromatic N) is 2. The number of alkyl halides is 1. The highest BCUT2D eigenvalue weighted by Crippen LogP contribution is 2.37. The normalized spacial score (nSPS) is 14.9. The minimum absolute atomic E-state index is 0. The van der Waals surface area contributed by atoms with Crippen molar-refractivity contribution in [1.29, 1.82) is 0 Å². The minimum Gasteiger partial charge on any atom is -0.497 e. The van der Waals surface area contributed by atoms with Gasteiger partial charge >= 0.3 is 5.97 Å². The fourth-order valence-electron chi connectivity index (χ4n) is 4.93. The van der Waals surface area contributed by atoms with Crippen LogP contribution in [0.2, 0.25) is 5.02 Å². The Kier molecular flexibility index (Phi) is 11.9. The molecule has 11 heteroatoms. The zero-order valence-electron chi connectivity index (χ0n) is 23.9. The second kappa shape index (κ2) is 14.9. The molecule has 226 valence electrons. The van der Waals surface area contributed by atoms with Gasteiger partial charge < -0.3 is 19.9 Å². The molecule has 0 radical (unpaired) electrons. The Hall–Kier alpha value is -3.04. The van der Waals surface area contributed by atoms with E-state index in [9.17, 15) is 14.7 Å². The summed E-state index contributed by atoms with van der Waals surface area (Å²) in [6, 6.07) is 16.1. The second-order valence-electron chi connectivity index (χ2n) is 10.4. The summed E-state index contributed by atoms with van der Waals surface area (Å²) in [6.45, 7) is 0.456. The van der Waals surface area contributed by atoms with E-state index in [2.05, 4.69) is 5.32 Å². The molecule has 0 saturated heterocycles. The zero-order chi connectivity index (χ0) is 29.6. The van der Waals surface area contributed by atoms with Crippen LogP contribution in [0.1, 0.15) is 49.0 Å². The number of nitrogens with one attached hydrogen (secondary N) is 1. The summed E-state index contributed by atoms with van der Waals surface area (Å²) in [6.07, 6.45) is 3.88. The average molecular weight is 637 g/mol. The number of methoxy groups -OCH3 is 1. The van der Waals surface area contributed by atoms with Gasteiger partial charge in [-0.3, -0.25) is 9.69 Å². The smallest absolute Gasteiger partial charge is 0.329 e. The predicted molar refractivity (Wildman–Crippen MR) is 168 cm³/mol. The number of ether oxygens (including phenoxy) is 2. The van der Waals surface area contributed by atoms with Gasteiger partial charge in [0.15, 0.2) is 0 Å². The fraction of sp³-hybridized carbons (Fsp3) is 0.387. The van der Waals surface area contributed by atoms with E-state index in [1.807, 2.05) is 49.3 Å². The Balaban J connectivity index is 0.00000484. The van der Waals surface area contributed by atoms with Crippen molar-refractivity contribution in [3.63, 3.8) is 0 Å². The largest absolute Gasteiger partial charge is 0.497 e. The third kappa shape index (κ3) is 7.86. The molecule has 2 N–H and O–H groups in total. The molecule has 0 aliphatic heterocycles. The maximum absolute atomic E-state index is 13.4. The van der Waals surface area contributed by atoms with Crippen LogP contribution in [0.15, 0.2) is 54.6 Å². The number of carbonyl (C=O) groups excluding carboxylic acids is 1. The van der Waals surface area contributed by atoms with E-state index in [0.29, 0.717) is 59.2 Å². The number of hydrogen-bond acceptors (Lipinski definition) is 6. The number of hydrogen-bond donors (Lipinski definition) is 2. The first kappa shape index (κ1) is 33.5. The first-order chi connectivity index (χ1) is 19.6. The van der Waals surface area contributed by atoms with E-state index in [1.54, 1.807) is 31.4 Å². The predicted octanol–water partition coefficient (Wildman–Crippen LogP) is 6.91. The zero-order valence-corrected chi connectivity index (χ0v) is 26.2. The fourth-order valence-corrected chi connectivity index (χ4v) is 5.30. The van der Waals surface area contributed by atoms with Crippen molar-refractivity contribution in [3.8, 4) is 33.9 Å². The van der Waals surface area contributed by atoms with Gasteiger partial charge in [-0.15, -0.1) is 24.0 Å². The van der Waals surface area contributed by atoms with E-state index < -0.39 is 17.4 Å². The number of carboxylic acid groups (broad SMARTS) is 1. The van der Waals surface area contributed by atoms with Crippen LogP contribution in [0.5, 0.6) is 11.5 Å². The molecule has 1 aromatic heterocycles. The van der Waals surface area contributed by atoms with Crippen LogP contribution in [0, 0.1) is 0 Å². The molecule has 3 aromatic rings.